The van der Waals surface area contributed by atoms with Crippen molar-refractivity contribution in [2.24, 2.45) is 5.92 Å². The van der Waals surface area contributed by atoms with Gasteiger partial charge in [-0.3, -0.25) is 19.2 Å². The van der Waals surface area contributed by atoms with Crippen LogP contribution < -0.4 is 5.32 Å². The summed E-state index contributed by atoms with van der Waals surface area (Å²) < 4.78 is 9.93. The van der Waals surface area contributed by atoms with Crippen molar-refractivity contribution < 1.29 is 28.7 Å². The first-order chi connectivity index (χ1) is 13.3. The van der Waals surface area contributed by atoms with Gasteiger partial charge in [0.15, 0.2) is 11.6 Å². The Labute approximate surface area is 166 Å². The monoisotopic (exact) mass is 396 g/mol. The van der Waals surface area contributed by atoms with Crippen LogP contribution in [0.4, 0.5) is 0 Å². The predicted octanol–water partition coefficient (Wildman–Crippen LogP) is 1.98. The maximum absolute atomic E-state index is 12.7. The van der Waals surface area contributed by atoms with E-state index in [1.807, 2.05) is 0 Å². The van der Waals surface area contributed by atoms with Gasteiger partial charge in [0.1, 0.15) is 17.6 Å². The number of ether oxygens (including phenoxy) is 2. The zero-order chi connectivity index (χ0) is 21.2. The minimum Gasteiger partial charge on any atom is -0.465 e. The van der Waals surface area contributed by atoms with Crippen molar-refractivity contribution in [3.63, 3.8) is 0 Å². The second-order valence-corrected chi connectivity index (χ2v) is 7.06. The molecule has 0 aliphatic carbocycles. The Bertz CT molecular complexity index is 583. The number of carbonyl (C=O) groups is 4. The van der Waals surface area contributed by atoms with Gasteiger partial charge in [0.05, 0.1) is 12.3 Å². The predicted molar refractivity (Wildman–Crippen MR) is 103 cm³/mol. The topological polar surface area (TPSA) is 123 Å². The molecule has 0 aromatic carbocycles. The lowest BCUT2D eigenvalue weighted by Crippen LogP contribution is -2.56. The van der Waals surface area contributed by atoms with Crippen molar-refractivity contribution >= 4 is 29.7 Å². The average molecular weight is 396 g/mol. The fraction of sp³-hybridized carbons (Fsp3) is 0.750. The summed E-state index contributed by atoms with van der Waals surface area (Å²) in [7, 11) is 0. The van der Waals surface area contributed by atoms with Crippen LogP contribution in [0.3, 0.4) is 0 Å². The van der Waals surface area contributed by atoms with E-state index in [1.165, 1.54) is 0 Å². The molecule has 0 aromatic heterocycles. The maximum Gasteiger partial charge on any atom is 0.315 e. The van der Waals surface area contributed by atoms with Crippen molar-refractivity contribution in [2.75, 3.05) is 13.2 Å². The van der Waals surface area contributed by atoms with E-state index >= 15 is 0 Å². The van der Waals surface area contributed by atoms with E-state index in [0.717, 1.165) is 6.42 Å². The van der Waals surface area contributed by atoms with Crippen molar-refractivity contribution in [2.45, 2.75) is 77.4 Å². The highest BCUT2D eigenvalue weighted by molar-refractivity contribution is 6.42. The van der Waals surface area contributed by atoms with Gasteiger partial charge in [-0.25, -0.2) is 0 Å². The van der Waals surface area contributed by atoms with Crippen LogP contribution in [0, 0.1) is 11.3 Å². The molecule has 28 heavy (non-hydrogen) atoms. The molecule has 0 radical (unpaired) electrons. The van der Waals surface area contributed by atoms with Crippen LogP contribution in [-0.2, 0) is 28.7 Å². The molecule has 0 spiro atoms. The van der Waals surface area contributed by atoms with Crippen LogP contribution in [0.25, 0.3) is 0 Å². The molecule has 3 atom stereocenters. The van der Waals surface area contributed by atoms with Crippen molar-refractivity contribution in [3.8, 4) is 0 Å². The Morgan fingerprint density at radius 1 is 1.21 bits per heavy atom. The van der Waals surface area contributed by atoms with Gasteiger partial charge < -0.3 is 20.2 Å². The van der Waals surface area contributed by atoms with Gasteiger partial charge in [0, 0.05) is 12.8 Å². The third kappa shape index (κ3) is 5.95. The summed E-state index contributed by atoms with van der Waals surface area (Å²) in [4.78, 5) is 47.4. The molecule has 1 aliphatic rings. The fourth-order valence-corrected chi connectivity index (χ4v) is 3.63. The zero-order valence-electron chi connectivity index (χ0n) is 17.0. The summed E-state index contributed by atoms with van der Waals surface area (Å²) in [5, 5.41) is 11.2. The number of Topliss-reactive ketones (excluding diaryl/α,β-unsaturated/α-hetero) is 2. The Kier molecular flexibility index (Phi) is 9.99. The Morgan fingerprint density at radius 3 is 2.43 bits per heavy atom. The van der Waals surface area contributed by atoms with Crippen LogP contribution in [0.15, 0.2) is 0 Å². The van der Waals surface area contributed by atoms with Crippen molar-refractivity contribution in [3.05, 3.63) is 0 Å². The second-order valence-electron chi connectivity index (χ2n) is 7.06. The SMILES string of the molecule is CCOC(=O)[C@H](CC)C(=N)C(=O)CCCCC(=O)[C@]1(C(C)OC=O)CCCN1. The number of hydrogen-bond acceptors (Lipinski definition) is 8. The summed E-state index contributed by atoms with van der Waals surface area (Å²) in [5.41, 5.74) is -1.08. The van der Waals surface area contributed by atoms with Crippen LogP contribution >= 0.6 is 0 Å². The lowest BCUT2D eigenvalue weighted by atomic mass is 9.84. The summed E-state index contributed by atoms with van der Waals surface area (Å²) in [6.07, 6.45) is 2.55. The zero-order valence-corrected chi connectivity index (χ0v) is 17.0. The first-order valence-corrected chi connectivity index (χ1v) is 9.99. The third-order valence-corrected chi connectivity index (χ3v) is 5.33. The number of carbonyl (C=O) groups excluding carboxylic acids is 4. The van der Waals surface area contributed by atoms with Gasteiger partial charge in [-0.2, -0.15) is 0 Å². The second kappa shape index (κ2) is 11.7. The quantitative estimate of drug-likeness (QED) is 0.199. The number of unbranched alkanes of at least 4 members (excludes halogenated alkanes) is 1. The number of hydrogen-bond donors (Lipinski definition) is 2. The molecular formula is C20H32N2O6. The first kappa shape index (κ1) is 23.9. The summed E-state index contributed by atoms with van der Waals surface area (Å²) >= 11 is 0. The molecule has 1 fully saturated rings. The number of esters is 1. The van der Waals surface area contributed by atoms with Gasteiger partial charge in [0.25, 0.3) is 6.47 Å². The number of nitrogens with one attached hydrogen (secondary N) is 2. The van der Waals surface area contributed by atoms with Gasteiger partial charge in [-0.15, -0.1) is 0 Å². The largest absolute Gasteiger partial charge is 0.465 e. The molecule has 2 N–H and O–H groups in total. The Hall–Kier alpha value is -2.09. The smallest absolute Gasteiger partial charge is 0.315 e. The van der Waals surface area contributed by atoms with Crippen molar-refractivity contribution in [1.82, 2.24) is 5.32 Å². The highest BCUT2D eigenvalue weighted by Crippen LogP contribution is 2.28. The summed E-state index contributed by atoms with van der Waals surface area (Å²) in [5.74, 6) is -1.79. The molecule has 158 valence electrons. The molecule has 1 saturated heterocycles. The van der Waals surface area contributed by atoms with E-state index in [9.17, 15) is 19.2 Å². The van der Waals surface area contributed by atoms with E-state index < -0.39 is 29.3 Å². The van der Waals surface area contributed by atoms with Crippen LogP contribution in [0.2, 0.25) is 0 Å². The molecule has 0 amide bonds. The van der Waals surface area contributed by atoms with Gasteiger partial charge in [-0.1, -0.05) is 6.92 Å². The molecule has 1 rings (SSSR count). The molecule has 1 heterocycles. The van der Waals surface area contributed by atoms with Gasteiger partial charge >= 0.3 is 5.97 Å². The van der Waals surface area contributed by atoms with Gasteiger partial charge in [0.2, 0.25) is 0 Å². The molecule has 1 aliphatic heterocycles. The first-order valence-electron chi connectivity index (χ1n) is 9.99. The molecule has 0 aromatic rings. The summed E-state index contributed by atoms with van der Waals surface area (Å²) in [6, 6.07) is 0. The molecular weight excluding hydrogens is 364 g/mol. The highest BCUT2D eigenvalue weighted by Gasteiger charge is 2.46. The summed E-state index contributed by atoms with van der Waals surface area (Å²) in [6.45, 7) is 6.38. The van der Waals surface area contributed by atoms with E-state index in [1.54, 1.807) is 20.8 Å². The maximum atomic E-state index is 12.7. The van der Waals surface area contributed by atoms with Crippen LogP contribution in [0.1, 0.15) is 65.7 Å². The standard InChI is InChI=1S/C20H32N2O6/c1-4-15(19(26)27-5-2)18(21)16(24)9-6-7-10-17(25)20(11-8-12-22-20)14(3)28-13-23/h13-15,21-22H,4-12H2,1-3H3/t14?,15-,20-/m1/s1. The van der Waals surface area contributed by atoms with E-state index in [4.69, 9.17) is 14.9 Å². The van der Waals surface area contributed by atoms with Crippen molar-refractivity contribution in [1.29, 1.82) is 5.41 Å². The minimum atomic E-state index is -0.852. The lowest BCUT2D eigenvalue weighted by Gasteiger charge is -2.32. The average Bonchev–Trinajstić information content (AvgIpc) is 3.17. The molecule has 8 nitrogen and oxygen atoms in total. The van der Waals surface area contributed by atoms with Crippen LogP contribution in [0.5, 0.6) is 0 Å². The van der Waals surface area contributed by atoms with E-state index in [-0.39, 0.29) is 30.9 Å². The normalized spacial score (nSPS) is 20.8. The molecule has 0 bridgehead atoms. The fourth-order valence-electron chi connectivity index (χ4n) is 3.63. The minimum absolute atomic E-state index is 0.0279. The number of ketones is 2. The number of rotatable bonds is 14. The highest BCUT2D eigenvalue weighted by atomic mass is 16.5. The molecule has 1 unspecified atom stereocenters. The molecule has 0 saturated carbocycles. The van der Waals surface area contributed by atoms with Crippen LogP contribution in [-0.4, -0.2) is 54.5 Å². The van der Waals surface area contributed by atoms with Gasteiger partial charge in [-0.05, 0) is 52.5 Å². The van der Waals surface area contributed by atoms with E-state index in [0.29, 0.717) is 38.7 Å². The Balaban J connectivity index is 2.51. The molecule has 8 heteroatoms. The van der Waals surface area contributed by atoms with E-state index in [2.05, 4.69) is 5.32 Å². The third-order valence-electron chi connectivity index (χ3n) is 5.33. The Morgan fingerprint density at radius 2 is 1.89 bits per heavy atom. The lowest BCUT2D eigenvalue weighted by molar-refractivity contribution is -0.146.